The minimum atomic E-state index is -6.47. The molecule has 0 bridgehead atoms. The minimum absolute atomic E-state index is 0.0662. The van der Waals surface area contributed by atoms with Crippen LogP contribution in [0.15, 0.2) is 30.3 Å². The molecule has 0 aliphatic heterocycles. The topological polar surface area (TPSA) is 0 Å². The average molecular weight is 464 g/mol. The van der Waals surface area contributed by atoms with Crippen molar-refractivity contribution < 1.29 is 48.3 Å². The Morgan fingerprint density at radius 3 is 1.65 bits per heavy atom. The molecule has 0 saturated carbocycles. The van der Waals surface area contributed by atoms with E-state index >= 15 is 0 Å². The van der Waals surface area contributed by atoms with Gasteiger partial charge in [0.15, 0.2) is 0 Å². The zero-order valence-electron chi connectivity index (χ0n) is 16.0. The van der Waals surface area contributed by atoms with Gasteiger partial charge in [-0.25, -0.2) is 8.78 Å². The molecule has 0 spiro atoms. The maximum Gasteiger partial charge on any atom is 0.435 e. The molecule has 2 rings (SSSR count). The molecule has 2 aromatic rings. The summed E-state index contributed by atoms with van der Waals surface area (Å²) in [6, 6.07) is 2.44. The molecule has 0 N–H and O–H groups in total. The molecule has 0 aliphatic carbocycles. The summed E-state index contributed by atoms with van der Waals surface area (Å²) < 4.78 is 149. The van der Waals surface area contributed by atoms with E-state index in [9.17, 15) is 48.3 Å². The third-order valence-corrected chi connectivity index (χ3v) is 4.78. The molecule has 31 heavy (non-hydrogen) atoms. The zero-order chi connectivity index (χ0) is 24.0. The first-order chi connectivity index (χ1) is 14.0. The van der Waals surface area contributed by atoms with Crippen LogP contribution in [-0.2, 0) is 24.7 Å². The van der Waals surface area contributed by atoms with Crippen molar-refractivity contribution in [3.05, 3.63) is 58.4 Å². The summed E-state index contributed by atoms with van der Waals surface area (Å²) in [7, 11) is 0. The van der Waals surface area contributed by atoms with E-state index in [1.807, 2.05) is 0 Å². The molecule has 0 unspecified atom stereocenters. The fourth-order valence-electron chi connectivity index (χ4n) is 3.23. The SMILES string of the molecule is CCc1cc(CC)c(-c2ccc(F)c(C(F)(F)F)c2)c(C(F)(C(F)(F)F)C(F)(F)F)c1. The molecule has 0 saturated heterocycles. The number of hydrogen-bond donors (Lipinski definition) is 0. The van der Waals surface area contributed by atoms with Crippen molar-refractivity contribution in [3.8, 4) is 11.1 Å². The Hall–Kier alpha value is -2.33. The van der Waals surface area contributed by atoms with E-state index in [1.54, 1.807) is 0 Å². The first kappa shape index (κ1) is 24.9. The molecule has 0 aromatic heterocycles. The Kier molecular flexibility index (Phi) is 6.42. The monoisotopic (exact) mass is 464 g/mol. The second-order valence-corrected chi connectivity index (χ2v) is 6.73. The Balaban J connectivity index is 3.05. The lowest BCUT2D eigenvalue weighted by molar-refractivity contribution is -0.348. The Morgan fingerprint density at radius 1 is 0.677 bits per heavy atom. The molecule has 0 fully saturated rings. The Bertz CT molecular complexity index is 935. The molecule has 0 radical (unpaired) electrons. The fourth-order valence-corrected chi connectivity index (χ4v) is 3.23. The van der Waals surface area contributed by atoms with E-state index in [0.717, 1.165) is 0 Å². The van der Waals surface area contributed by atoms with Crippen molar-refractivity contribution in [2.24, 2.45) is 0 Å². The van der Waals surface area contributed by atoms with Crippen molar-refractivity contribution in [3.63, 3.8) is 0 Å². The highest BCUT2D eigenvalue weighted by atomic mass is 19.4. The largest absolute Gasteiger partial charge is 0.435 e. The Labute approximate surface area is 169 Å². The number of rotatable bonds is 4. The van der Waals surface area contributed by atoms with Gasteiger partial charge in [-0.05, 0) is 47.2 Å². The van der Waals surface area contributed by atoms with Gasteiger partial charge in [0.2, 0.25) is 0 Å². The normalized spacial score (nSPS) is 13.6. The first-order valence-corrected chi connectivity index (χ1v) is 8.84. The van der Waals surface area contributed by atoms with Gasteiger partial charge in [0.05, 0.1) is 5.56 Å². The number of halogens is 11. The highest BCUT2D eigenvalue weighted by Crippen LogP contribution is 2.56. The molecule has 0 heterocycles. The molecule has 0 atom stereocenters. The predicted molar refractivity (Wildman–Crippen MR) is 90.5 cm³/mol. The van der Waals surface area contributed by atoms with E-state index in [-0.39, 0.29) is 36.1 Å². The lowest BCUT2D eigenvalue weighted by Crippen LogP contribution is -2.50. The number of hydrogen-bond acceptors (Lipinski definition) is 0. The third kappa shape index (κ3) is 4.36. The fraction of sp³-hybridized carbons (Fsp3) is 0.400. The third-order valence-electron chi connectivity index (χ3n) is 4.78. The van der Waals surface area contributed by atoms with Crippen LogP contribution in [0.25, 0.3) is 11.1 Å². The summed E-state index contributed by atoms with van der Waals surface area (Å²) in [5.41, 5.74) is -11.8. The Morgan fingerprint density at radius 2 is 1.23 bits per heavy atom. The van der Waals surface area contributed by atoms with E-state index < -0.39 is 52.3 Å². The number of aryl methyl sites for hydroxylation is 2. The van der Waals surface area contributed by atoms with Crippen molar-refractivity contribution in [1.29, 1.82) is 0 Å². The molecule has 0 amide bonds. The summed E-state index contributed by atoms with van der Waals surface area (Å²) >= 11 is 0. The summed E-state index contributed by atoms with van der Waals surface area (Å²) in [6.45, 7) is 2.73. The lowest BCUT2D eigenvalue weighted by atomic mass is 9.81. The van der Waals surface area contributed by atoms with Crippen LogP contribution in [0, 0.1) is 5.82 Å². The van der Waals surface area contributed by atoms with Crippen LogP contribution in [0.5, 0.6) is 0 Å². The van der Waals surface area contributed by atoms with Crippen LogP contribution in [0.3, 0.4) is 0 Å². The smallest absolute Gasteiger partial charge is 0.218 e. The van der Waals surface area contributed by atoms with Gasteiger partial charge < -0.3 is 0 Å². The van der Waals surface area contributed by atoms with Crippen molar-refractivity contribution >= 4 is 0 Å². The maximum absolute atomic E-state index is 15.0. The van der Waals surface area contributed by atoms with Crippen LogP contribution in [0.4, 0.5) is 48.3 Å². The molecule has 2 aromatic carbocycles. The van der Waals surface area contributed by atoms with Crippen LogP contribution in [0.1, 0.15) is 36.1 Å². The number of benzene rings is 2. The first-order valence-electron chi connectivity index (χ1n) is 8.84. The van der Waals surface area contributed by atoms with Crippen LogP contribution in [-0.4, -0.2) is 12.4 Å². The van der Waals surface area contributed by atoms with Crippen LogP contribution >= 0.6 is 0 Å². The highest BCUT2D eigenvalue weighted by Gasteiger charge is 2.74. The van der Waals surface area contributed by atoms with Gasteiger partial charge >= 0.3 is 24.2 Å². The summed E-state index contributed by atoms with van der Waals surface area (Å²) in [5, 5.41) is 0. The maximum atomic E-state index is 15.0. The second kappa shape index (κ2) is 7.98. The highest BCUT2D eigenvalue weighted by molar-refractivity contribution is 5.74. The van der Waals surface area contributed by atoms with Gasteiger partial charge in [0.25, 0.3) is 0 Å². The van der Waals surface area contributed by atoms with Gasteiger partial charge in [-0.1, -0.05) is 32.0 Å². The van der Waals surface area contributed by atoms with Crippen molar-refractivity contribution in [2.75, 3.05) is 0 Å². The second-order valence-electron chi connectivity index (χ2n) is 6.73. The van der Waals surface area contributed by atoms with Gasteiger partial charge in [-0.15, -0.1) is 0 Å². The lowest BCUT2D eigenvalue weighted by Gasteiger charge is -2.33. The molecule has 11 heteroatoms. The minimum Gasteiger partial charge on any atom is -0.218 e. The van der Waals surface area contributed by atoms with Crippen molar-refractivity contribution in [1.82, 2.24) is 0 Å². The van der Waals surface area contributed by atoms with Gasteiger partial charge in [-0.2, -0.15) is 39.5 Å². The molecular formula is C20H15F11. The van der Waals surface area contributed by atoms with E-state index in [1.165, 1.54) is 19.9 Å². The van der Waals surface area contributed by atoms with Crippen molar-refractivity contribution in [2.45, 2.75) is 50.9 Å². The summed E-state index contributed by atoms with van der Waals surface area (Å²) in [6.07, 6.45) is -18.5. The van der Waals surface area contributed by atoms with E-state index in [0.29, 0.717) is 12.1 Å². The molecular weight excluding hydrogens is 449 g/mol. The average Bonchev–Trinajstić information content (AvgIpc) is 2.64. The summed E-state index contributed by atoms with van der Waals surface area (Å²) in [5.74, 6) is -1.78. The molecule has 0 aliphatic rings. The van der Waals surface area contributed by atoms with Crippen LogP contribution in [0.2, 0.25) is 0 Å². The molecule has 0 nitrogen and oxygen atoms in total. The summed E-state index contributed by atoms with van der Waals surface area (Å²) in [4.78, 5) is 0. The number of alkyl halides is 10. The van der Waals surface area contributed by atoms with E-state index in [4.69, 9.17) is 0 Å². The van der Waals surface area contributed by atoms with E-state index in [2.05, 4.69) is 0 Å². The van der Waals surface area contributed by atoms with Gasteiger partial charge in [0, 0.05) is 5.56 Å². The predicted octanol–water partition coefficient (Wildman–Crippen LogP) is 7.93. The molecule has 172 valence electrons. The quantitative estimate of drug-likeness (QED) is 0.403. The standard InChI is InChI=1S/C20H15F11/c1-3-10-7-11(4-2)16(12-5-6-15(21)13(9-12)18(23,24)25)14(8-10)17(22,19(26,27)28)20(29,30)31/h5-9H,3-4H2,1-2H3. The van der Waals surface area contributed by atoms with Crippen LogP contribution < -0.4 is 0 Å². The van der Waals surface area contributed by atoms with Gasteiger partial charge in [-0.3, -0.25) is 0 Å². The zero-order valence-corrected chi connectivity index (χ0v) is 16.0. The van der Waals surface area contributed by atoms with Gasteiger partial charge in [0.1, 0.15) is 5.82 Å².